The SMILES string of the molecule is CC(C)C1=CC2=CC[C@H]3[C@](C)(COC(=O)c4ccccc4C(=O)OC[C@]4(C)CCC(O)(O)[C@]5(C)[C@H]6CCC(C(C)C)=CC6=CC[C@@H]45)CCC(O)(O)[C@]3(C)[C@H]2CC1. The molecule has 0 saturated heterocycles. The van der Waals surface area contributed by atoms with E-state index in [1.54, 1.807) is 24.3 Å². The normalized spacial score (nSPS) is 37.1. The minimum absolute atomic E-state index is 0.0106. The first-order chi connectivity index (χ1) is 26.2. The fourth-order valence-corrected chi connectivity index (χ4v) is 12.6. The van der Waals surface area contributed by atoms with Gasteiger partial charge in [0.15, 0.2) is 11.6 Å². The van der Waals surface area contributed by atoms with Gasteiger partial charge in [-0.05, 0) is 110 Å². The largest absolute Gasteiger partial charge is 0.461 e. The Labute approximate surface area is 334 Å². The standard InChI is InChI=1S/C48H66O8/c1-29(2)31-13-17-37-33(25-31)15-19-39-43(5,21-23-47(51,52)45(37,39)7)27-55-41(49)35-11-9-10-12-36(35)42(50)56-28-44(6)22-24-48(53,54)46(8)38-18-14-32(30(3)4)26-34(38)16-20-40(44)46/h9-12,15-16,25-26,29-30,37-40,51-54H,13-14,17-24,27-28H2,1-8H3/t37-,38-,39-,40-,43-,44-,45+,46+/m0/s1. The van der Waals surface area contributed by atoms with Gasteiger partial charge in [0.1, 0.15) is 0 Å². The van der Waals surface area contributed by atoms with Crippen LogP contribution in [0.3, 0.4) is 0 Å². The van der Waals surface area contributed by atoms with Crippen molar-refractivity contribution in [2.75, 3.05) is 13.2 Å². The fourth-order valence-electron chi connectivity index (χ4n) is 12.6. The smallest absolute Gasteiger partial charge is 0.339 e. The Kier molecular flexibility index (Phi) is 10.5. The monoisotopic (exact) mass is 770 g/mol. The zero-order chi connectivity index (χ0) is 40.6. The van der Waals surface area contributed by atoms with Crippen molar-refractivity contribution in [3.8, 4) is 0 Å². The maximum Gasteiger partial charge on any atom is 0.339 e. The number of carbonyl (C=O) groups is 2. The van der Waals surface area contributed by atoms with Crippen LogP contribution in [0.25, 0.3) is 0 Å². The second kappa shape index (κ2) is 14.4. The molecule has 4 N–H and O–H groups in total. The molecule has 8 nitrogen and oxygen atoms in total. The van der Waals surface area contributed by atoms with Crippen LogP contribution in [0, 0.1) is 57.2 Å². The average Bonchev–Trinajstić information content (AvgIpc) is 3.16. The van der Waals surface area contributed by atoms with Crippen molar-refractivity contribution in [2.45, 2.75) is 131 Å². The summed E-state index contributed by atoms with van der Waals surface area (Å²) < 4.78 is 12.2. The summed E-state index contributed by atoms with van der Waals surface area (Å²) >= 11 is 0. The highest BCUT2D eigenvalue weighted by molar-refractivity contribution is 6.03. The van der Waals surface area contributed by atoms with Crippen LogP contribution in [0.2, 0.25) is 0 Å². The zero-order valence-corrected chi connectivity index (χ0v) is 35.0. The van der Waals surface area contributed by atoms with E-state index in [-0.39, 0.29) is 60.9 Å². The topological polar surface area (TPSA) is 134 Å². The molecule has 0 bridgehead atoms. The van der Waals surface area contributed by atoms with E-state index in [0.29, 0.717) is 37.5 Å². The van der Waals surface area contributed by atoms with Crippen LogP contribution in [0.4, 0.5) is 0 Å². The lowest BCUT2D eigenvalue weighted by Crippen LogP contribution is -2.64. The van der Waals surface area contributed by atoms with Gasteiger partial charge in [0.25, 0.3) is 0 Å². The van der Waals surface area contributed by atoms with Crippen molar-refractivity contribution in [1.82, 2.24) is 0 Å². The van der Waals surface area contributed by atoms with E-state index in [1.165, 1.54) is 22.3 Å². The van der Waals surface area contributed by atoms with Gasteiger partial charge in [-0.2, -0.15) is 0 Å². The molecule has 0 unspecified atom stereocenters. The molecule has 1 aromatic carbocycles. The van der Waals surface area contributed by atoms with Crippen LogP contribution in [0.1, 0.15) is 140 Å². The first-order valence-corrected chi connectivity index (χ1v) is 21.3. The van der Waals surface area contributed by atoms with Crippen LogP contribution >= 0.6 is 0 Å². The lowest BCUT2D eigenvalue weighted by atomic mass is 9.45. The molecule has 0 radical (unpaired) electrons. The van der Waals surface area contributed by atoms with Crippen molar-refractivity contribution in [3.05, 3.63) is 82.0 Å². The number of ether oxygens (including phenoxy) is 2. The van der Waals surface area contributed by atoms with Crippen LogP contribution in [0.5, 0.6) is 0 Å². The quantitative estimate of drug-likeness (QED) is 0.152. The second-order valence-corrected chi connectivity index (χ2v) is 20.1. The van der Waals surface area contributed by atoms with E-state index in [4.69, 9.17) is 9.47 Å². The predicted octanol–water partition coefficient (Wildman–Crippen LogP) is 8.85. The van der Waals surface area contributed by atoms with Crippen LogP contribution in [-0.2, 0) is 9.47 Å². The minimum Gasteiger partial charge on any atom is -0.461 e. The van der Waals surface area contributed by atoms with Crippen LogP contribution in [-0.4, -0.2) is 57.2 Å². The van der Waals surface area contributed by atoms with Gasteiger partial charge in [0, 0.05) is 34.5 Å². The Morgan fingerprint density at radius 1 is 0.643 bits per heavy atom. The number of fused-ring (bicyclic) bond motifs is 6. The van der Waals surface area contributed by atoms with Gasteiger partial charge < -0.3 is 29.9 Å². The van der Waals surface area contributed by atoms with Gasteiger partial charge in [0.2, 0.25) is 0 Å². The Bertz CT molecular complexity index is 1730. The zero-order valence-electron chi connectivity index (χ0n) is 35.0. The third-order valence-corrected chi connectivity index (χ3v) is 16.4. The average molecular weight is 771 g/mol. The molecule has 306 valence electrons. The van der Waals surface area contributed by atoms with Crippen molar-refractivity contribution >= 4 is 11.9 Å². The van der Waals surface area contributed by atoms with Crippen molar-refractivity contribution in [3.63, 3.8) is 0 Å². The highest BCUT2D eigenvalue weighted by atomic mass is 16.5. The van der Waals surface area contributed by atoms with Crippen molar-refractivity contribution in [1.29, 1.82) is 0 Å². The number of rotatable bonds is 8. The second-order valence-electron chi connectivity index (χ2n) is 20.1. The summed E-state index contributed by atoms with van der Waals surface area (Å²) in [5.41, 5.74) is 2.74. The molecule has 0 spiro atoms. The number of allylic oxidation sites excluding steroid dienone is 8. The number of benzene rings is 1. The number of esters is 2. The maximum absolute atomic E-state index is 13.9. The third kappa shape index (κ3) is 6.49. The van der Waals surface area contributed by atoms with E-state index in [9.17, 15) is 30.0 Å². The molecule has 56 heavy (non-hydrogen) atoms. The Hall–Kier alpha value is -3.04. The minimum atomic E-state index is -1.85. The van der Waals surface area contributed by atoms with Gasteiger partial charge in [-0.3, -0.25) is 0 Å². The molecule has 2 fully saturated rings. The summed E-state index contributed by atoms with van der Waals surface area (Å²) in [5.74, 6) is -4.35. The van der Waals surface area contributed by atoms with Crippen molar-refractivity contribution in [2.24, 2.45) is 57.2 Å². The maximum atomic E-state index is 13.9. The number of hydrogen-bond donors (Lipinski definition) is 4. The Morgan fingerprint density at radius 2 is 1.02 bits per heavy atom. The molecule has 0 amide bonds. The predicted molar refractivity (Wildman–Crippen MR) is 216 cm³/mol. The van der Waals surface area contributed by atoms with E-state index in [1.807, 2.05) is 13.8 Å². The van der Waals surface area contributed by atoms with E-state index in [0.717, 1.165) is 25.7 Å². The molecular weight excluding hydrogens is 705 g/mol. The summed E-state index contributed by atoms with van der Waals surface area (Å²) in [5, 5.41) is 46.4. The molecule has 7 rings (SSSR count). The summed E-state index contributed by atoms with van der Waals surface area (Å²) in [7, 11) is 0. The molecule has 1 aromatic rings. The lowest BCUT2D eigenvalue weighted by Gasteiger charge is -2.62. The molecule has 6 aliphatic carbocycles. The molecule has 8 atom stereocenters. The molecule has 8 heteroatoms. The number of carbonyl (C=O) groups excluding carboxylic acids is 2. The third-order valence-electron chi connectivity index (χ3n) is 16.4. The van der Waals surface area contributed by atoms with Gasteiger partial charge in [-0.25, -0.2) is 9.59 Å². The van der Waals surface area contributed by atoms with E-state index in [2.05, 4.69) is 65.8 Å². The summed E-state index contributed by atoms with van der Waals surface area (Å²) in [6, 6.07) is 6.60. The van der Waals surface area contributed by atoms with Crippen molar-refractivity contribution < 1.29 is 39.5 Å². The Balaban J connectivity index is 1.07. The highest BCUT2D eigenvalue weighted by Crippen LogP contribution is 2.66. The highest BCUT2D eigenvalue weighted by Gasteiger charge is 2.66. The van der Waals surface area contributed by atoms with E-state index >= 15 is 0 Å². The summed E-state index contributed by atoms with van der Waals surface area (Å²) in [6.07, 6.45) is 15.3. The first kappa shape index (κ1) is 41.1. The molecule has 0 aliphatic heterocycles. The molecule has 6 aliphatic rings. The van der Waals surface area contributed by atoms with Gasteiger partial charge in [-0.15, -0.1) is 0 Å². The van der Waals surface area contributed by atoms with Crippen LogP contribution in [0.15, 0.2) is 70.9 Å². The molecule has 0 heterocycles. The lowest BCUT2D eigenvalue weighted by molar-refractivity contribution is -0.312. The first-order valence-electron chi connectivity index (χ1n) is 21.3. The van der Waals surface area contributed by atoms with Gasteiger partial charge in [0.05, 0.1) is 24.3 Å². The van der Waals surface area contributed by atoms with E-state index < -0.39 is 45.2 Å². The number of hydrogen-bond acceptors (Lipinski definition) is 8. The summed E-state index contributed by atoms with van der Waals surface area (Å²) in [4.78, 5) is 27.8. The fraction of sp³-hybridized carbons (Fsp3) is 0.667. The molecule has 2 saturated carbocycles. The Morgan fingerprint density at radius 3 is 1.38 bits per heavy atom. The number of aliphatic hydroxyl groups is 4. The molecule has 0 aromatic heterocycles. The molecular formula is C48H66O8. The van der Waals surface area contributed by atoms with Gasteiger partial charge >= 0.3 is 11.9 Å². The summed E-state index contributed by atoms with van der Waals surface area (Å²) in [6.45, 7) is 17.2. The van der Waals surface area contributed by atoms with Gasteiger partial charge in [-0.1, -0.05) is 103 Å². The van der Waals surface area contributed by atoms with Crippen LogP contribution < -0.4 is 0 Å².